The third-order valence-corrected chi connectivity index (χ3v) is 1.84. The lowest BCUT2D eigenvalue weighted by Gasteiger charge is -2.05. The second kappa shape index (κ2) is 13.3. The van der Waals surface area contributed by atoms with Crippen LogP contribution in [0.3, 0.4) is 0 Å². The van der Waals surface area contributed by atoms with Crippen LogP contribution in [0.1, 0.15) is 26.7 Å². The van der Waals surface area contributed by atoms with Gasteiger partial charge in [0.25, 0.3) is 0 Å². The van der Waals surface area contributed by atoms with Crippen molar-refractivity contribution in [2.24, 2.45) is 0 Å². The molecule has 0 heterocycles. The van der Waals surface area contributed by atoms with Gasteiger partial charge in [0.1, 0.15) is 6.42 Å². The standard InChI is InChI=1S/C12H22O7/c1-3-15-8-9-16-6-5-7-18-19-12(14)10-11(13)17-4-2/h3-10H2,1-2H3. The molecule has 0 saturated carbocycles. The highest BCUT2D eigenvalue weighted by Gasteiger charge is 2.12. The Labute approximate surface area is 113 Å². The highest BCUT2D eigenvalue weighted by molar-refractivity contribution is 5.90. The van der Waals surface area contributed by atoms with Crippen molar-refractivity contribution in [2.75, 3.05) is 39.6 Å². The van der Waals surface area contributed by atoms with Crippen molar-refractivity contribution in [2.45, 2.75) is 26.7 Å². The van der Waals surface area contributed by atoms with Gasteiger partial charge in [-0.2, -0.15) is 4.89 Å². The Kier molecular flexibility index (Phi) is 12.4. The Hall–Kier alpha value is -1.18. The van der Waals surface area contributed by atoms with Crippen LogP contribution in [0.25, 0.3) is 0 Å². The van der Waals surface area contributed by atoms with Crippen LogP contribution >= 0.6 is 0 Å². The van der Waals surface area contributed by atoms with Crippen LogP contribution < -0.4 is 0 Å². The van der Waals surface area contributed by atoms with Gasteiger partial charge in [0.05, 0.1) is 26.4 Å². The molecule has 0 saturated heterocycles. The Morgan fingerprint density at radius 1 is 0.842 bits per heavy atom. The summed E-state index contributed by atoms with van der Waals surface area (Å²) in [6.45, 7) is 6.26. The molecule has 0 unspecified atom stereocenters. The van der Waals surface area contributed by atoms with Gasteiger partial charge in [-0.25, -0.2) is 4.79 Å². The van der Waals surface area contributed by atoms with Gasteiger partial charge >= 0.3 is 11.9 Å². The molecule has 0 aliphatic rings. The number of ether oxygens (including phenoxy) is 3. The van der Waals surface area contributed by atoms with Crippen LogP contribution in [0.5, 0.6) is 0 Å². The van der Waals surface area contributed by atoms with Crippen molar-refractivity contribution in [3.05, 3.63) is 0 Å². The Bertz CT molecular complexity index is 242. The zero-order chi connectivity index (χ0) is 14.3. The van der Waals surface area contributed by atoms with Gasteiger partial charge in [0.2, 0.25) is 0 Å². The highest BCUT2D eigenvalue weighted by Crippen LogP contribution is 1.93. The van der Waals surface area contributed by atoms with Gasteiger partial charge in [-0.15, -0.1) is 0 Å². The summed E-state index contributed by atoms with van der Waals surface area (Å²) in [5.74, 6) is -1.40. The molecule has 0 radical (unpaired) electrons. The maximum atomic E-state index is 11.0. The van der Waals surface area contributed by atoms with E-state index in [1.165, 1.54) is 0 Å². The van der Waals surface area contributed by atoms with Gasteiger partial charge in [0, 0.05) is 13.2 Å². The van der Waals surface area contributed by atoms with Crippen LogP contribution in [-0.4, -0.2) is 51.6 Å². The number of rotatable bonds is 12. The summed E-state index contributed by atoms with van der Waals surface area (Å²) in [6, 6.07) is 0. The summed E-state index contributed by atoms with van der Waals surface area (Å²) in [6.07, 6.45) is 0.136. The second-order valence-corrected chi connectivity index (χ2v) is 3.42. The largest absolute Gasteiger partial charge is 0.466 e. The van der Waals surface area contributed by atoms with Crippen molar-refractivity contribution in [1.29, 1.82) is 0 Å². The normalized spacial score (nSPS) is 10.2. The first kappa shape index (κ1) is 17.8. The van der Waals surface area contributed by atoms with E-state index in [4.69, 9.17) is 9.47 Å². The summed E-state index contributed by atoms with van der Waals surface area (Å²) in [7, 11) is 0. The van der Waals surface area contributed by atoms with Crippen LogP contribution in [0.15, 0.2) is 0 Å². The molecule has 19 heavy (non-hydrogen) atoms. The number of carbonyl (C=O) groups is 2. The fourth-order valence-corrected chi connectivity index (χ4v) is 1.05. The predicted octanol–water partition coefficient (Wildman–Crippen LogP) is 0.858. The minimum Gasteiger partial charge on any atom is -0.466 e. The smallest absolute Gasteiger partial charge is 0.353 e. The fourth-order valence-electron chi connectivity index (χ4n) is 1.05. The molecule has 0 amide bonds. The molecule has 0 rings (SSSR count). The highest BCUT2D eigenvalue weighted by atomic mass is 17.2. The Morgan fingerprint density at radius 3 is 2.26 bits per heavy atom. The van der Waals surface area contributed by atoms with E-state index >= 15 is 0 Å². The fraction of sp³-hybridized carbons (Fsp3) is 0.833. The molecule has 7 heteroatoms. The van der Waals surface area contributed by atoms with Gasteiger partial charge < -0.3 is 14.2 Å². The second-order valence-electron chi connectivity index (χ2n) is 3.42. The van der Waals surface area contributed by atoms with Crippen LogP contribution in [0, 0.1) is 0 Å². The maximum absolute atomic E-state index is 11.0. The van der Waals surface area contributed by atoms with Crippen molar-refractivity contribution in [3.8, 4) is 0 Å². The first-order chi connectivity index (χ1) is 9.20. The molecule has 7 nitrogen and oxygen atoms in total. The molecule has 0 aromatic heterocycles. The summed E-state index contributed by atoms with van der Waals surface area (Å²) in [5.41, 5.74) is 0. The predicted molar refractivity (Wildman–Crippen MR) is 65.2 cm³/mol. The quantitative estimate of drug-likeness (QED) is 0.172. The lowest BCUT2D eigenvalue weighted by molar-refractivity contribution is -0.273. The molecule has 0 atom stereocenters. The summed E-state index contributed by atoms with van der Waals surface area (Å²) in [4.78, 5) is 31.0. The van der Waals surface area contributed by atoms with Gasteiger partial charge in [-0.05, 0) is 20.3 Å². The molecule has 0 aromatic carbocycles. The third kappa shape index (κ3) is 13.1. The molecule has 0 aromatic rings. The zero-order valence-corrected chi connectivity index (χ0v) is 11.5. The lowest BCUT2D eigenvalue weighted by atomic mass is 10.4. The average Bonchev–Trinajstić information content (AvgIpc) is 2.37. The first-order valence-corrected chi connectivity index (χ1v) is 6.34. The molecular weight excluding hydrogens is 256 g/mol. The SMILES string of the molecule is CCOCCOCCCOOC(=O)CC(=O)OCC. The van der Waals surface area contributed by atoms with Crippen LogP contribution in [0.4, 0.5) is 0 Å². The van der Waals surface area contributed by atoms with Crippen molar-refractivity contribution >= 4 is 11.9 Å². The zero-order valence-electron chi connectivity index (χ0n) is 11.5. The minimum absolute atomic E-state index is 0.212. The Morgan fingerprint density at radius 2 is 1.58 bits per heavy atom. The summed E-state index contributed by atoms with van der Waals surface area (Å²) in [5, 5.41) is 0. The van der Waals surface area contributed by atoms with E-state index in [1.807, 2.05) is 6.92 Å². The van der Waals surface area contributed by atoms with Gasteiger partial charge in [-0.3, -0.25) is 9.68 Å². The summed E-state index contributed by atoms with van der Waals surface area (Å²) >= 11 is 0. The molecule has 0 spiro atoms. The molecule has 0 aliphatic carbocycles. The van der Waals surface area contributed by atoms with Gasteiger partial charge in [-0.1, -0.05) is 0 Å². The van der Waals surface area contributed by atoms with E-state index in [0.717, 1.165) is 0 Å². The van der Waals surface area contributed by atoms with E-state index in [2.05, 4.69) is 14.5 Å². The van der Waals surface area contributed by atoms with Crippen molar-refractivity contribution < 1.29 is 33.6 Å². The van der Waals surface area contributed by atoms with E-state index in [1.54, 1.807) is 6.92 Å². The van der Waals surface area contributed by atoms with E-state index in [-0.39, 0.29) is 13.2 Å². The number of hydrogen-bond acceptors (Lipinski definition) is 7. The molecule has 0 fully saturated rings. The molecular formula is C12H22O7. The lowest BCUT2D eigenvalue weighted by Crippen LogP contribution is -2.15. The van der Waals surface area contributed by atoms with E-state index in [9.17, 15) is 9.59 Å². The van der Waals surface area contributed by atoms with Crippen molar-refractivity contribution in [1.82, 2.24) is 0 Å². The molecule has 0 N–H and O–H groups in total. The van der Waals surface area contributed by atoms with Crippen LogP contribution in [-0.2, 0) is 33.6 Å². The van der Waals surface area contributed by atoms with Crippen LogP contribution in [0.2, 0.25) is 0 Å². The monoisotopic (exact) mass is 278 g/mol. The van der Waals surface area contributed by atoms with Gasteiger partial charge in [0.15, 0.2) is 0 Å². The summed E-state index contributed by atoms with van der Waals surface area (Å²) < 4.78 is 14.9. The number of carbonyl (C=O) groups excluding carboxylic acids is 2. The average molecular weight is 278 g/mol. The first-order valence-electron chi connectivity index (χ1n) is 6.34. The Balaban J connectivity index is 3.25. The number of esters is 1. The molecule has 112 valence electrons. The third-order valence-electron chi connectivity index (χ3n) is 1.84. The van der Waals surface area contributed by atoms with Crippen molar-refractivity contribution in [3.63, 3.8) is 0 Å². The molecule has 0 aliphatic heterocycles. The molecule has 0 bridgehead atoms. The topological polar surface area (TPSA) is 80.3 Å². The van der Waals surface area contributed by atoms with E-state index < -0.39 is 18.4 Å². The maximum Gasteiger partial charge on any atom is 0.353 e. The minimum atomic E-state index is -0.768. The van der Waals surface area contributed by atoms with E-state index in [0.29, 0.717) is 32.8 Å². The number of hydrogen-bond donors (Lipinski definition) is 0.